The van der Waals surface area contributed by atoms with Crippen molar-refractivity contribution >= 4 is 34.1 Å². The van der Waals surface area contributed by atoms with E-state index < -0.39 is 29.4 Å². The number of likely N-dealkylation sites (tertiary alicyclic amines) is 1. The van der Waals surface area contributed by atoms with E-state index in [-0.39, 0.29) is 54.5 Å². The lowest BCUT2D eigenvalue weighted by atomic mass is 9.85. The van der Waals surface area contributed by atoms with Crippen LogP contribution in [0.3, 0.4) is 0 Å². The molecule has 0 bridgehead atoms. The summed E-state index contributed by atoms with van der Waals surface area (Å²) in [7, 11) is 0. The number of aromatic amines is 1. The molecule has 328 valence electrons. The fourth-order valence-corrected chi connectivity index (χ4v) is 9.13. The summed E-state index contributed by atoms with van der Waals surface area (Å²) >= 11 is 1.43. The molecule has 11 nitrogen and oxygen atoms in total. The molecule has 2 aromatic heterocycles. The molecule has 1 aliphatic heterocycles. The Balaban J connectivity index is 0.862. The van der Waals surface area contributed by atoms with E-state index in [2.05, 4.69) is 32.7 Å². The van der Waals surface area contributed by atoms with Crippen LogP contribution >= 0.6 is 11.3 Å². The van der Waals surface area contributed by atoms with E-state index in [4.69, 9.17) is 4.74 Å². The number of benzene rings is 5. The smallest absolute Gasteiger partial charge is 0.347 e. The third-order valence-electron chi connectivity index (χ3n) is 11.8. The van der Waals surface area contributed by atoms with Crippen molar-refractivity contribution < 1.29 is 34.0 Å². The van der Waals surface area contributed by atoms with Crippen molar-refractivity contribution in [2.24, 2.45) is 5.92 Å². The number of rotatable bonds is 16. The number of phenolic OH excluding ortho intramolecular Hbond substituents is 1. The highest BCUT2D eigenvalue weighted by molar-refractivity contribution is 7.15. The van der Waals surface area contributed by atoms with Crippen molar-refractivity contribution in [3.05, 3.63) is 194 Å². The SMILES string of the molecule is O=C(NCc1ccc(-c2cccc(C(O)(C(=O)OCC3CCN(Cc4ccccc4)CC3)c3ccccc3)c2)s1)c1ccc(CNCC(O)c2ccc(O)c3[nH]c(=O)ccc23)cc1F. The number of nitrogens with zero attached hydrogens (tertiary/aromatic N) is 1. The molecule has 13 heteroatoms. The van der Waals surface area contributed by atoms with E-state index in [0.717, 1.165) is 47.8 Å². The summed E-state index contributed by atoms with van der Waals surface area (Å²) < 4.78 is 21.2. The molecular formula is C51H49FN4O7S. The summed E-state index contributed by atoms with van der Waals surface area (Å²) in [5, 5.41) is 39.7. The molecule has 8 rings (SSSR count). The fraction of sp³-hybridized carbons (Fsp3) is 0.235. The number of phenols is 1. The van der Waals surface area contributed by atoms with Gasteiger partial charge < -0.3 is 35.7 Å². The quantitative estimate of drug-likeness (QED) is 0.0539. The molecule has 3 heterocycles. The molecule has 1 fully saturated rings. The van der Waals surface area contributed by atoms with Gasteiger partial charge >= 0.3 is 5.97 Å². The highest BCUT2D eigenvalue weighted by Gasteiger charge is 2.42. The average Bonchev–Trinajstić information content (AvgIpc) is 3.80. The maximum Gasteiger partial charge on any atom is 0.347 e. The number of H-pyrrole nitrogens is 1. The number of esters is 1. The van der Waals surface area contributed by atoms with Crippen molar-refractivity contribution in [2.75, 3.05) is 26.2 Å². The van der Waals surface area contributed by atoms with Crippen LogP contribution in [0.1, 0.15) is 62.0 Å². The molecule has 7 aromatic rings. The molecule has 2 atom stereocenters. The van der Waals surface area contributed by atoms with Gasteiger partial charge in [0, 0.05) is 46.4 Å². The molecule has 1 aliphatic rings. The zero-order valence-corrected chi connectivity index (χ0v) is 35.8. The third kappa shape index (κ3) is 10.1. The summed E-state index contributed by atoms with van der Waals surface area (Å²) in [6.45, 7) is 3.37. The monoisotopic (exact) mass is 880 g/mol. The summed E-state index contributed by atoms with van der Waals surface area (Å²) in [4.78, 5) is 45.5. The van der Waals surface area contributed by atoms with Crippen molar-refractivity contribution in [3.63, 3.8) is 0 Å². The van der Waals surface area contributed by atoms with Gasteiger partial charge in [-0.1, -0.05) is 91.0 Å². The van der Waals surface area contributed by atoms with Crippen LogP contribution in [0.25, 0.3) is 21.3 Å². The molecule has 0 radical (unpaired) electrons. The minimum atomic E-state index is -2.05. The van der Waals surface area contributed by atoms with Gasteiger partial charge in [0.2, 0.25) is 11.2 Å². The Morgan fingerprint density at radius 3 is 2.36 bits per heavy atom. The van der Waals surface area contributed by atoms with Crippen molar-refractivity contribution in [3.8, 4) is 16.2 Å². The van der Waals surface area contributed by atoms with Gasteiger partial charge in [0.05, 0.1) is 30.3 Å². The lowest BCUT2D eigenvalue weighted by Crippen LogP contribution is -2.40. The van der Waals surface area contributed by atoms with Crippen LogP contribution in [0.15, 0.2) is 144 Å². The zero-order valence-electron chi connectivity index (χ0n) is 35.0. The number of piperidine rings is 1. The minimum absolute atomic E-state index is 0.104. The molecular weight excluding hydrogens is 832 g/mol. The molecule has 6 N–H and O–H groups in total. The number of thiophene rings is 1. The molecule has 0 saturated carbocycles. The Kier molecular flexibility index (Phi) is 13.7. The van der Waals surface area contributed by atoms with Crippen LogP contribution in [0.5, 0.6) is 5.75 Å². The number of aliphatic hydroxyl groups is 2. The van der Waals surface area contributed by atoms with Gasteiger partial charge in [-0.05, 0) is 102 Å². The first-order valence-electron chi connectivity index (χ1n) is 21.3. The minimum Gasteiger partial charge on any atom is -0.506 e. The van der Waals surface area contributed by atoms with Gasteiger partial charge in [-0.15, -0.1) is 11.3 Å². The maximum absolute atomic E-state index is 15.2. The molecule has 5 aromatic carbocycles. The third-order valence-corrected chi connectivity index (χ3v) is 12.9. The normalized spacial score (nSPS) is 14.8. The first-order chi connectivity index (χ1) is 31.0. The maximum atomic E-state index is 15.2. The van der Waals surface area contributed by atoms with Gasteiger partial charge in [0.25, 0.3) is 5.91 Å². The number of hydrogen-bond acceptors (Lipinski definition) is 10. The number of aliphatic hydroxyl groups excluding tert-OH is 1. The topological polar surface area (TPSA) is 164 Å². The molecule has 1 saturated heterocycles. The van der Waals surface area contributed by atoms with Crippen LogP contribution in [0, 0.1) is 11.7 Å². The summed E-state index contributed by atoms with van der Waals surface area (Å²) in [6, 6.07) is 40.3. The average molecular weight is 881 g/mol. The van der Waals surface area contributed by atoms with Crippen molar-refractivity contribution in [1.82, 2.24) is 20.5 Å². The second-order valence-electron chi connectivity index (χ2n) is 16.2. The number of aromatic hydroxyl groups is 1. The van der Waals surface area contributed by atoms with Gasteiger partial charge in [0.15, 0.2) is 0 Å². The second kappa shape index (κ2) is 19.9. The number of carbonyl (C=O) groups excluding carboxylic acids is 2. The van der Waals surface area contributed by atoms with Gasteiger partial charge in [-0.3, -0.25) is 14.5 Å². The Hall–Kier alpha value is -6.48. The molecule has 1 amide bonds. The van der Waals surface area contributed by atoms with Crippen LogP contribution in [0.4, 0.5) is 4.39 Å². The molecule has 2 unspecified atom stereocenters. The fourth-order valence-electron chi connectivity index (χ4n) is 8.19. The summed E-state index contributed by atoms with van der Waals surface area (Å²) in [5.74, 6) is -1.92. The number of halogens is 1. The first-order valence-corrected chi connectivity index (χ1v) is 22.1. The number of pyridine rings is 1. The number of nitrogens with one attached hydrogen (secondary N) is 3. The molecule has 0 aliphatic carbocycles. The predicted octanol–water partition coefficient (Wildman–Crippen LogP) is 7.55. The van der Waals surface area contributed by atoms with Crippen LogP contribution in [-0.2, 0) is 34.8 Å². The summed E-state index contributed by atoms with van der Waals surface area (Å²) in [6.07, 6.45) is 0.797. The lowest BCUT2D eigenvalue weighted by molar-refractivity contribution is -0.164. The highest BCUT2D eigenvalue weighted by atomic mass is 32.1. The van der Waals surface area contributed by atoms with Gasteiger partial charge in [-0.2, -0.15) is 0 Å². The van der Waals surface area contributed by atoms with E-state index in [1.165, 1.54) is 47.2 Å². The van der Waals surface area contributed by atoms with Crippen LogP contribution < -0.4 is 16.2 Å². The van der Waals surface area contributed by atoms with Crippen LogP contribution in [0.2, 0.25) is 0 Å². The van der Waals surface area contributed by atoms with Crippen LogP contribution in [-0.4, -0.2) is 63.3 Å². The predicted molar refractivity (Wildman–Crippen MR) is 245 cm³/mol. The Labute approximate surface area is 373 Å². The van der Waals surface area contributed by atoms with Crippen molar-refractivity contribution in [1.29, 1.82) is 0 Å². The summed E-state index contributed by atoms with van der Waals surface area (Å²) in [5.41, 5.74) is 1.57. The Morgan fingerprint density at radius 2 is 1.59 bits per heavy atom. The van der Waals surface area contributed by atoms with Gasteiger partial charge in [-0.25, -0.2) is 9.18 Å². The van der Waals surface area contributed by atoms with E-state index in [1.807, 2.05) is 42.5 Å². The highest BCUT2D eigenvalue weighted by Crippen LogP contribution is 2.36. The van der Waals surface area contributed by atoms with E-state index in [9.17, 15) is 29.7 Å². The lowest BCUT2D eigenvalue weighted by Gasteiger charge is -2.33. The number of hydrogen-bond donors (Lipinski definition) is 6. The largest absolute Gasteiger partial charge is 0.506 e. The molecule has 0 spiro atoms. The van der Waals surface area contributed by atoms with Gasteiger partial charge in [0.1, 0.15) is 11.6 Å². The molecule has 64 heavy (non-hydrogen) atoms. The van der Waals surface area contributed by atoms with E-state index in [1.54, 1.807) is 54.6 Å². The van der Waals surface area contributed by atoms with Crippen molar-refractivity contribution in [2.45, 2.75) is 44.2 Å². The van der Waals surface area contributed by atoms with E-state index in [0.29, 0.717) is 27.6 Å². The number of carbonyl (C=O) groups is 2. The number of fused-ring (bicyclic) bond motifs is 1. The zero-order chi connectivity index (χ0) is 44.6. The number of ether oxygens (including phenoxy) is 1. The number of aromatic nitrogens is 1. The van der Waals surface area contributed by atoms with E-state index >= 15 is 4.39 Å². The Morgan fingerprint density at radius 1 is 0.844 bits per heavy atom. The number of amides is 1. The first kappa shape index (κ1) is 44.1. The standard InChI is InChI=1S/C51H49FN4O7S/c52-43-26-35(28-53-30-45(58)40-17-19-44(57)48-41(40)18-21-47(59)55-48)14-16-42(43)49(60)54-29-39-15-20-46(64-39)36-10-7-13-38(27-36)51(62,37-11-5-2-6-12-37)50(61)63-32-34-22-24-56(25-23-34)31-33-8-3-1-4-9-33/h1-21,26-27,34,45,53,57-58,62H,22-25,28-32H2,(H,54,60)(H,55,59). The Bertz CT molecular complexity index is 2790. The second-order valence-corrected chi connectivity index (χ2v) is 17.3.